The second kappa shape index (κ2) is 16.2. The minimum Gasteiger partial charge on any atom is -0.444 e. The molecule has 4 amide bonds. The average molecular weight is 555 g/mol. The first-order valence-corrected chi connectivity index (χ1v) is 14.2. The van der Waals surface area contributed by atoms with Crippen LogP contribution in [0.15, 0.2) is 17.1 Å². The van der Waals surface area contributed by atoms with E-state index in [0.29, 0.717) is 31.6 Å². The number of thiazole rings is 2. The molecule has 13 heteroatoms. The van der Waals surface area contributed by atoms with Gasteiger partial charge in [0, 0.05) is 29.6 Å². The first kappa shape index (κ1) is 30.5. The number of urea groups is 1. The molecule has 0 radical (unpaired) electrons. The van der Waals surface area contributed by atoms with Gasteiger partial charge in [0.05, 0.1) is 34.2 Å². The fraction of sp³-hybridized carbons (Fsp3) is 0.625. The van der Waals surface area contributed by atoms with E-state index in [1.807, 2.05) is 19.2 Å². The molecule has 0 bridgehead atoms. The molecule has 2 aromatic heterocycles. The maximum absolute atomic E-state index is 12.7. The standard InChI is InChI=1S/C24H38N6O5S2/c1-5-16(7-8-17(6-2)29-24(34)35-12-19-10-25-14-37-19)27-21(32)20(11-31)30-23(33)26-9-18-13-36-22(28-18)15(3)4/h10,13-17,20,31H,5-9,11-12H2,1-4H3,(H,27,32)(H,29,34)(H2,26,30,33). The third kappa shape index (κ3) is 11.0. The Morgan fingerprint density at radius 1 is 1.05 bits per heavy atom. The summed E-state index contributed by atoms with van der Waals surface area (Å²) in [5, 5.41) is 23.5. The lowest BCUT2D eigenvalue weighted by atomic mass is 10.0. The average Bonchev–Trinajstić information content (AvgIpc) is 3.58. The van der Waals surface area contributed by atoms with E-state index >= 15 is 0 Å². The number of nitrogens with zero attached hydrogens (tertiary/aromatic N) is 2. The topological polar surface area (TPSA) is 155 Å². The summed E-state index contributed by atoms with van der Waals surface area (Å²) in [5.74, 6) is -0.154. The summed E-state index contributed by atoms with van der Waals surface area (Å²) in [6, 6.07) is -1.94. The van der Waals surface area contributed by atoms with E-state index < -0.39 is 30.7 Å². The minimum absolute atomic E-state index is 0.112. The van der Waals surface area contributed by atoms with Gasteiger partial charge in [-0.15, -0.1) is 22.7 Å². The van der Waals surface area contributed by atoms with Crippen molar-refractivity contribution in [2.75, 3.05) is 6.61 Å². The Morgan fingerprint density at radius 3 is 2.32 bits per heavy atom. The molecule has 0 aromatic carbocycles. The first-order chi connectivity index (χ1) is 17.7. The Labute approximate surface area is 225 Å². The Hall–Kier alpha value is -2.77. The molecule has 2 heterocycles. The number of nitrogens with one attached hydrogen (secondary N) is 4. The maximum atomic E-state index is 12.7. The summed E-state index contributed by atoms with van der Waals surface area (Å²) in [4.78, 5) is 46.4. The number of carbonyl (C=O) groups excluding carboxylic acids is 3. The van der Waals surface area contributed by atoms with Crippen LogP contribution in [0.25, 0.3) is 0 Å². The number of alkyl carbamates (subject to hydrolysis) is 1. The van der Waals surface area contributed by atoms with Crippen molar-refractivity contribution in [1.82, 2.24) is 31.2 Å². The summed E-state index contributed by atoms with van der Waals surface area (Å²) in [6.45, 7) is 7.87. The lowest BCUT2D eigenvalue weighted by Crippen LogP contribution is -2.53. The zero-order valence-corrected chi connectivity index (χ0v) is 23.4. The van der Waals surface area contributed by atoms with E-state index in [9.17, 15) is 19.5 Å². The zero-order chi connectivity index (χ0) is 27.2. The first-order valence-electron chi connectivity index (χ1n) is 12.5. The SMILES string of the molecule is CCC(CCC(CC)NC(=O)C(CO)NC(=O)NCc1csc(C(C)C)n1)NC(=O)OCc1cncs1. The molecule has 0 aliphatic carbocycles. The van der Waals surface area contributed by atoms with E-state index in [0.717, 1.165) is 15.6 Å². The molecule has 2 rings (SSSR count). The summed E-state index contributed by atoms with van der Waals surface area (Å²) in [7, 11) is 0. The van der Waals surface area contributed by atoms with E-state index in [1.165, 1.54) is 22.7 Å². The van der Waals surface area contributed by atoms with Crippen molar-refractivity contribution < 1.29 is 24.2 Å². The van der Waals surface area contributed by atoms with E-state index in [-0.39, 0.29) is 25.2 Å². The number of hydrogen-bond acceptors (Lipinski definition) is 9. The Balaban J connectivity index is 1.75. The number of aliphatic hydroxyl groups is 1. The predicted molar refractivity (Wildman–Crippen MR) is 143 cm³/mol. The molecular formula is C24H38N6O5S2. The molecule has 11 nitrogen and oxygen atoms in total. The van der Waals surface area contributed by atoms with Crippen LogP contribution in [0.1, 0.15) is 74.9 Å². The fourth-order valence-corrected chi connectivity index (χ4v) is 4.70. The molecule has 2 aromatic rings. The highest BCUT2D eigenvalue weighted by Gasteiger charge is 2.23. The van der Waals surface area contributed by atoms with Crippen LogP contribution < -0.4 is 21.3 Å². The van der Waals surface area contributed by atoms with Crippen molar-refractivity contribution in [3.63, 3.8) is 0 Å². The maximum Gasteiger partial charge on any atom is 0.407 e. The van der Waals surface area contributed by atoms with E-state index in [2.05, 4.69) is 45.1 Å². The number of hydrogen-bond donors (Lipinski definition) is 5. The van der Waals surface area contributed by atoms with Crippen molar-refractivity contribution in [3.8, 4) is 0 Å². The molecule has 37 heavy (non-hydrogen) atoms. The van der Waals surface area contributed by atoms with Gasteiger partial charge in [0.1, 0.15) is 12.6 Å². The summed E-state index contributed by atoms with van der Waals surface area (Å²) in [6.07, 6.45) is 3.77. The van der Waals surface area contributed by atoms with Crippen LogP contribution in [-0.2, 0) is 22.7 Å². The van der Waals surface area contributed by atoms with E-state index in [4.69, 9.17) is 4.74 Å². The van der Waals surface area contributed by atoms with Gasteiger partial charge >= 0.3 is 12.1 Å². The zero-order valence-electron chi connectivity index (χ0n) is 21.8. The van der Waals surface area contributed by atoms with Gasteiger partial charge in [0.15, 0.2) is 0 Å². The normalized spacial score (nSPS) is 13.5. The van der Waals surface area contributed by atoms with Crippen LogP contribution in [0, 0.1) is 0 Å². The van der Waals surface area contributed by atoms with E-state index in [1.54, 1.807) is 11.7 Å². The molecule has 206 valence electrons. The van der Waals surface area contributed by atoms with Gasteiger partial charge in [-0.05, 0) is 25.7 Å². The van der Waals surface area contributed by atoms with Crippen molar-refractivity contribution in [1.29, 1.82) is 0 Å². The Bertz CT molecular complexity index is 969. The van der Waals surface area contributed by atoms with Gasteiger partial charge in [-0.25, -0.2) is 14.6 Å². The van der Waals surface area contributed by atoms with Crippen LogP contribution in [0.5, 0.6) is 0 Å². The third-order valence-electron chi connectivity index (χ3n) is 5.64. The van der Waals surface area contributed by atoms with Crippen molar-refractivity contribution in [3.05, 3.63) is 32.7 Å². The van der Waals surface area contributed by atoms with Gasteiger partial charge in [0.2, 0.25) is 5.91 Å². The summed E-state index contributed by atoms with van der Waals surface area (Å²) in [5.41, 5.74) is 2.42. The van der Waals surface area contributed by atoms with Crippen LogP contribution in [0.4, 0.5) is 9.59 Å². The van der Waals surface area contributed by atoms with Gasteiger partial charge in [-0.1, -0.05) is 27.7 Å². The number of rotatable bonds is 15. The number of amides is 4. The lowest BCUT2D eigenvalue weighted by molar-refractivity contribution is -0.124. The second-order valence-corrected chi connectivity index (χ2v) is 10.7. The highest BCUT2D eigenvalue weighted by Crippen LogP contribution is 2.19. The Kier molecular flexibility index (Phi) is 13.3. The number of aromatic nitrogens is 2. The fourth-order valence-electron chi connectivity index (χ4n) is 3.36. The molecule has 0 fully saturated rings. The molecule has 0 spiro atoms. The monoisotopic (exact) mass is 554 g/mol. The van der Waals surface area contributed by atoms with Crippen LogP contribution in [-0.4, -0.2) is 57.8 Å². The molecule has 0 aliphatic rings. The molecule has 5 N–H and O–H groups in total. The molecule has 0 saturated heterocycles. The number of aliphatic hydroxyl groups excluding tert-OH is 1. The number of ether oxygens (including phenoxy) is 1. The quantitative estimate of drug-likeness (QED) is 0.226. The van der Waals surface area contributed by atoms with Crippen LogP contribution in [0.2, 0.25) is 0 Å². The van der Waals surface area contributed by atoms with Gasteiger partial charge in [-0.3, -0.25) is 9.78 Å². The van der Waals surface area contributed by atoms with Crippen molar-refractivity contribution >= 4 is 40.7 Å². The molecule has 3 atom stereocenters. The number of carbonyl (C=O) groups is 3. The smallest absolute Gasteiger partial charge is 0.407 e. The highest BCUT2D eigenvalue weighted by molar-refractivity contribution is 7.09. The van der Waals surface area contributed by atoms with Crippen molar-refractivity contribution in [2.24, 2.45) is 0 Å². The molecule has 3 unspecified atom stereocenters. The van der Waals surface area contributed by atoms with Crippen LogP contribution >= 0.6 is 22.7 Å². The molecular weight excluding hydrogens is 516 g/mol. The second-order valence-electron chi connectivity index (χ2n) is 8.88. The third-order valence-corrected chi connectivity index (χ3v) is 7.59. The minimum atomic E-state index is -1.09. The largest absolute Gasteiger partial charge is 0.444 e. The van der Waals surface area contributed by atoms with Crippen molar-refractivity contribution in [2.45, 2.75) is 90.6 Å². The molecule has 0 aliphatic heterocycles. The molecule has 0 saturated carbocycles. The Morgan fingerprint density at radius 2 is 1.76 bits per heavy atom. The van der Waals surface area contributed by atoms with Gasteiger partial charge < -0.3 is 31.1 Å². The highest BCUT2D eigenvalue weighted by atomic mass is 32.1. The lowest BCUT2D eigenvalue weighted by Gasteiger charge is -2.24. The summed E-state index contributed by atoms with van der Waals surface area (Å²) >= 11 is 2.95. The summed E-state index contributed by atoms with van der Waals surface area (Å²) < 4.78 is 5.23. The van der Waals surface area contributed by atoms with Crippen LogP contribution in [0.3, 0.4) is 0 Å². The van der Waals surface area contributed by atoms with Gasteiger partial charge in [-0.2, -0.15) is 0 Å². The van der Waals surface area contributed by atoms with Gasteiger partial charge in [0.25, 0.3) is 0 Å². The predicted octanol–water partition coefficient (Wildman–Crippen LogP) is 3.26.